The van der Waals surface area contributed by atoms with Gasteiger partial charge in [-0.25, -0.2) is 8.42 Å². The van der Waals surface area contributed by atoms with Gasteiger partial charge in [-0.3, -0.25) is 14.8 Å². The number of non-ortho nitro benzene ring substituents is 1. The summed E-state index contributed by atoms with van der Waals surface area (Å²) >= 11 is 7.20. The molecule has 0 aliphatic carbocycles. The molecule has 0 bridgehead atoms. The molecule has 0 atom stereocenters. The maximum absolute atomic E-state index is 13.2. The predicted molar refractivity (Wildman–Crippen MR) is 168 cm³/mol. The van der Waals surface area contributed by atoms with Gasteiger partial charge in [0.2, 0.25) is 0 Å². The number of hydrogen-bond donors (Lipinski definition) is 3. The molecule has 6 rings (SSSR count). The summed E-state index contributed by atoms with van der Waals surface area (Å²) in [5.41, 5.74) is 5.59. The molecule has 11 heteroatoms. The van der Waals surface area contributed by atoms with Crippen molar-refractivity contribution in [1.82, 2.24) is 9.97 Å². The average molecular weight is 694 g/mol. The van der Waals surface area contributed by atoms with Crippen molar-refractivity contribution in [3.63, 3.8) is 0 Å². The molecule has 2 heterocycles. The van der Waals surface area contributed by atoms with E-state index in [4.69, 9.17) is 0 Å². The Labute approximate surface area is 252 Å². The summed E-state index contributed by atoms with van der Waals surface area (Å²) in [5, 5.41) is 13.4. The molecule has 0 saturated heterocycles. The Balaban J connectivity index is 1.43. The zero-order valence-electron chi connectivity index (χ0n) is 21.5. The van der Waals surface area contributed by atoms with Crippen LogP contribution in [0.1, 0.15) is 28.2 Å². The van der Waals surface area contributed by atoms with Crippen LogP contribution in [0.25, 0.3) is 21.8 Å². The van der Waals surface area contributed by atoms with E-state index in [2.05, 4.69) is 58.7 Å². The van der Waals surface area contributed by atoms with Gasteiger partial charge in [0.25, 0.3) is 15.7 Å². The molecule has 0 aliphatic heterocycles. The molecule has 4 aromatic carbocycles. The third-order valence-electron chi connectivity index (χ3n) is 7.14. The SMILES string of the molecule is Cc1ccc([N+](=O)[O-])cc1S(=O)(=O)Nc1ccc(C(c2c[nH]c3ccc(Br)cc23)c2c[nH]c3ccc(Br)cc23)cc1. The van der Waals surface area contributed by atoms with Crippen molar-refractivity contribution < 1.29 is 13.3 Å². The number of nitro benzene ring substituents is 1. The smallest absolute Gasteiger partial charge is 0.270 e. The topological polar surface area (TPSA) is 121 Å². The van der Waals surface area contributed by atoms with Crippen molar-refractivity contribution in [2.24, 2.45) is 0 Å². The van der Waals surface area contributed by atoms with Crippen molar-refractivity contribution in [2.45, 2.75) is 17.7 Å². The van der Waals surface area contributed by atoms with E-state index in [1.54, 1.807) is 19.1 Å². The first kappa shape index (κ1) is 27.3. The minimum absolute atomic E-state index is 0.137. The fourth-order valence-corrected chi connectivity index (χ4v) is 7.23. The number of hydrogen-bond acceptors (Lipinski definition) is 4. The predicted octanol–water partition coefficient (Wildman–Crippen LogP) is 8.37. The van der Waals surface area contributed by atoms with Gasteiger partial charge in [-0.1, -0.05) is 50.1 Å². The molecule has 0 fully saturated rings. The maximum atomic E-state index is 13.2. The number of aromatic amines is 2. The Morgan fingerprint density at radius 1 is 0.805 bits per heavy atom. The molecule has 0 radical (unpaired) electrons. The number of nitro groups is 1. The molecular weight excluding hydrogens is 672 g/mol. The van der Waals surface area contributed by atoms with Crippen molar-refractivity contribution in [3.8, 4) is 0 Å². The van der Waals surface area contributed by atoms with Crippen LogP contribution >= 0.6 is 31.9 Å². The summed E-state index contributed by atoms with van der Waals surface area (Å²) in [6.07, 6.45) is 4.03. The van der Waals surface area contributed by atoms with E-state index in [0.717, 1.165) is 53.5 Å². The number of fused-ring (bicyclic) bond motifs is 2. The highest BCUT2D eigenvalue weighted by molar-refractivity contribution is 9.10. The Bertz CT molecular complexity index is 1990. The van der Waals surface area contributed by atoms with Crippen molar-refractivity contribution in [1.29, 1.82) is 0 Å². The van der Waals surface area contributed by atoms with E-state index < -0.39 is 14.9 Å². The number of benzene rings is 4. The van der Waals surface area contributed by atoms with Crippen LogP contribution in [0.15, 0.2) is 105 Å². The van der Waals surface area contributed by atoms with Crippen molar-refractivity contribution >= 4 is 75.1 Å². The Morgan fingerprint density at radius 3 is 1.90 bits per heavy atom. The van der Waals surface area contributed by atoms with Crippen LogP contribution in [0.2, 0.25) is 0 Å². The summed E-state index contributed by atoms with van der Waals surface area (Å²) in [4.78, 5) is 17.3. The summed E-state index contributed by atoms with van der Waals surface area (Å²) in [6.45, 7) is 1.60. The van der Waals surface area contributed by atoms with Crippen molar-refractivity contribution in [3.05, 3.63) is 133 Å². The van der Waals surface area contributed by atoms with E-state index in [9.17, 15) is 18.5 Å². The molecule has 206 valence electrons. The van der Waals surface area contributed by atoms with E-state index >= 15 is 0 Å². The summed E-state index contributed by atoms with van der Waals surface area (Å²) < 4.78 is 30.9. The Morgan fingerprint density at radius 2 is 1.37 bits per heavy atom. The summed E-state index contributed by atoms with van der Waals surface area (Å²) in [5.74, 6) is -0.175. The Kier molecular flexibility index (Phi) is 6.96. The number of aromatic nitrogens is 2. The highest BCUT2D eigenvalue weighted by Gasteiger charge is 2.25. The number of sulfonamides is 1. The monoisotopic (exact) mass is 692 g/mol. The standard InChI is InChI=1S/C30H22Br2N4O4S/c1-17-2-9-22(36(37)38)14-29(17)41(39,40)35-21-7-3-18(4-8-21)30(25-15-33-27-10-5-19(31)12-23(25)27)26-16-34-28-11-6-20(32)13-24(26)28/h2-16,30,33-35H,1H3. The molecule has 8 nitrogen and oxygen atoms in total. The molecule has 41 heavy (non-hydrogen) atoms. The average Bonchev–Trinajstić information content (AvgIpc) is 3.54. The molecule has 2 aromatic heterocycles. The number of rotatable bonds is 7. The summed E-state index contributed by atoms with van der Waals surface area (Å²) in [7, 11) is -4.06. The number of nitrogens with zero attached hydrogens (tertiary/aromatic N) is 1. The van der Waals surface area contributed by atoms with Gasteiger partial charge in [-0.15, -0.1) is 0 Å². The van der Waals surface area contributed by atoms with Gasteiger partial charge in [0.1, 0.15) is 0 Å². The minimum Gasteiger partial charge on any atom is -0.361 e. The second-order valence-corrected chi connectivity index (χ2v) is 13.2. The zero-order chi connectivity index (χ0) is 28.9. The molecular formula is C30H22Br2N4O4S. The molecule has 0 saturated carbocycles. The third-order valence-corrected chi connectivity index (χ3v) is 9.65. The Hall–Kier alpha value is -3.93. The van der Waals surface area contributed by atoms with Gasteiger partial charge in [-0.2, -0.15) is 0 Å². The van der Waals surface area contributed by atoms with Gasteiger partial charge in [0, 0.05) is 66.9 Å². The first-order chi connectivity index (χ1) is 19.6. The number of anilines is 1. The van der Waals surface area contributed by atoms with Gasteiger partial charge >= 0.3 is 0 Å². The largest absolute Gasteiger partial charge is 0.361 e. The molecule has 6 aromatic rings. The molecule has 0 spiro atoms. The van der Waals surface area contributed by atoms with Gasteiger partial charge in [-0.05, 0) is 77.7 Å². The highest BCUT2D eigenvalue weighted by atomic mass is 79.9. The lowest BCUT2D eigenvalue weighted by Gasteiger charge is -2.18. The lowest BCUT2D eigenvalue weighted by Crippen LogP contribution is -2.14. The molecule has 0 aliphatic rings. The molecule has 3 N–H and O–H groups in total. The maximum Gasteiger partial charge on any atom is 0.270 e. The fraction of sp³-hybridized carbons (Fsp3) is 0.0667. The number of H-pyrrole nitrogens is 2. The van der Waals surface area contributed by atoms with Crippen LogP contribution < -0.4 is 4.72 Å². The number of halogens is 2. The van der Waals surface area contributed by atoms with E-state index in [1.165, 1.54) is 12.1 Å². The molecule has 0 unspecified atom stereocenters. The number of nitrogens with one attached hydrogen (secondary N) is 3. The van der Waals surface area contributed by atoms with Crippen LogP contribution in [0, 0.1) is 17.0 Å². The first-order valence-electron chi connectivity index (χ1n) is 12.5. The second kappa shape index (κ2) is 10.5. The first-order valence-corrected chi connectivity index (χ1v) is 15.6. The lowest BCUT2D eigenvalue weighted by atomic mass is 9.85. The minimum atomic E-state index is -4.06. The number of aryl methyl sites for hydroxylation is 1. The normalized spacial score (nSPS) is 11.9. The quantitative estimate of drug-likeness (QED) is 0.115. The van der Waals surface area contributed by atoms with Crippen LogP contribution in [-0.4, -0.2) is 23.3 Å². The van der Waals surface area contributed by atoms with E-state index in [-0.39, 0.29) is 16.5 Å². The van der Waals surface area contributed by atoms with Gasteiger partial charge in [0.15, 0.2) is 0 Å². The summed E-state index contributed by atoms with van der Waals surface area (Å²) in [6, 6.07) is 23.2. The third kappa shape index (κ3) is 5.16. The van der Waals surface area contributed by atoms with Gasteiger partial charge < -0.3 is 9.97 Å². The van der Waals surface area contributed by atoms with Crippen LogP contribution in [-0.2, 0) is 10.0 Å². The van der Waals surface area contributed by atoms with Crippen LogP contribution in [0.4, 0.5) is 11.4 Å². The van der Waals surface area contributed by atoms with Crippen LogP contribution in [0.5, 0.6) is 0 Å². The zero-order valence-corrected chi connectivity index (χ0v) is 25.5. The fourth-order valence-electron chi connectivity index (χ4n) is 5.18. The second-order valence-electron chi connectivity index (χ2n) is 9.74. The van der Waals surface area contributed by atoms with Crippen molar-refractivity contribution in [2.75, 3.05) is 4.72 Å². The molecule has 0 amide bonds. The van der Waals surface area contributed by atoms with E-state index in [1.807, 2.05) is 48.8 Å². The van der Waals surface area contributed by atoms with Crippen LogP contribution in [0.3, 0.4) is 0 Å². The van der Waals surface area contributed by atoms with E-state index in [0.29, 0.717) is 11.3 Å². The highest BCUT2D eigenvalue weighted by Crippen LogP contribution is 2.41. The van der Waals surface area contributed by atoms with Gasteiger partial charge in [0.05, 0.1) is 9.82 Å². The lowest BCUT2D eigenvalue weighted by molar-refractivity contribution is -0.385.